The van der Waals surface area contributed by atoms with Crippen LogP contribution in [0.1, 0.15) is 6.92 Å². The van der Waals surface area contributed by atoms with Gasteiger partial charge in [-0.15, -0.1) is 0 Å². The van der Waals surface area contributed by atoms with Crippen LogP contribution in [0.3, 0.4) is 0 Å². The number of esters is 1. The van der Waals surface area contributed by atoms with E-state index in [0.717, 1.165) is 0 Å². The Hall–Kier alpha value is -0.100. The summed E-state index contributed by atoms with van der Waals surface area (Å²) in [6.07, 6.45) is 0.508. The summed E-state index contributed by atoms with van der Waals surface area (Å²) in [7, 11) is 1.60. The molecule has 0 aromatic rings. The predicted molar refractivity (Wildman–Crippen MR) is 32.6 cm³/mol. The van der Waals surface area contributed by atoms with Crippen LogP contribution in [-0.2, 0) is 9.53 Å². The maximum absolute atomic E-state index is 10.2. The zero-order valence-electron chi connectivity index (χ0n) is 4.44. The highest BCUT2D eigenvalue weighted by molar-refractivity contribution is 7.18. The number of carbonyl (C=O) groups is 1. The van der Waals surface area contributed by atoms with Gasteiger partial charge in [0.2, 0.25) is 0 Å². The van der Waals surface area contributed by atoms with Gasteiger partial charge in [0, 0.05) is 0 Å². The molecule has 1 atom stereocenters. The smallest absolute Gasteiger partial charge is 0.343 e. The molecule has 0 rings (SSSR count). The molecule has 0 heterocycles. The summed E-state index contributed by atoms with van der Waals surface area (Å²) >= 11 is 0. The van der Waals surface area contributed by atoms with Gasteiger partial charge in [0.25, 0.3) is 0 Å². The summed E-state index contributed by atoms with van der Waals surface area (Å²) in [4.78, 5) is 10.2. The van der Waals surface area contributed by atoms with Gasteiger partial charge >= 0.3 is 5.97 Å². The van der Waals surface area contributed by atoms with E-state index in [1.807, 2.05) is 0 Å². The summed E-state index contributed by atoms with van der Waals surface area (Å²) in [6, 6.07) is 0. The Morgan fingerprint density at radius 2 is 2.43 bits per heavy atom. The first-order valence-electron chi connectivity index (χ1n) is 2.26. The fourth-order valence-electron chi connectivity index (χ4n) is 0.233. The Morgan fingerprint density at radius 1 is 1.86 bits per heavy atom. The molecule has 0 saturated carbocycles. The van der Waals surface area contributed by atoms with Crippen LogP contribution in [0.25, 0.3) is 0 Å². The fraction of sp³-hybridized carbons (Fsp3) is 0.750. The average molecular weight is 121 g/mol. The van der Waals surface area contributed by atoms with E-state index in [1.54, 1.807) is 16.2 Å². The second-order valence-electron chi connectivity index (χ2n) is 1.06. The molecule has 0 spiro atoms. The van der Waals surface area contributed by atoms with Crippen molar-refractivity contribution in [3.63, 3.8) is 0 Å². The normalized spacial score (nSPS) is 8.71. The Balaban J connectivity index is 3.00. The number of ether oxygens (including phenoxy) is 1. The SMILES string of the molecule is CCOC(=O)C[PH3+]. The highest BCUT2D eigenvalue weighted by Gasteiger charge is 1.95. The van der Waals surface area contributed by atoms with Crippen molar-refractivity contribution >= 4 is 15.2 Å². The van der Waals surface area contributed by atoms with Crippen LogP contribution in [0, 0.1) is 0 Å². The fourth-order valence-corrected chi connectivity index (χ4v) is 0.377. The average Bonchev–Trinajstić information content (AvgIpc) is 1.68. The van der Waals surface area contributed by atoms with Crippen molar-refractivity contribution in [2.45, 2.75) is 6.92 Å². The Kier molecular flexibility index (Phi) is 4.01. The van der Waals surface area contributed by atoms with Crippen LogP contribution in [-0.4, -0.2) is 18.7 Å². The standard InChI is InChI=1S/C4H9O2P/c1-2-6-4(5)3-7/h2-3,7H2,1H3/p+1. The quantitative estimate of drug-likeness (QED) is 0.384. The van der Waals surface area contributed by atoms with E-state index >= 15 is 0 Å². The minimum atomic E-state index is -0.110. The summed E-state index contributed by atoms with van der Waals surface area (Å²) < 4.78 is 4.56. The molecular weight excluding hydrogens is 111 g/mol. The molecule has 0 amide bonds. The third-order valence-corrected chi connectivity index (χ3v) is 0.918. The molecule has 0 fully saturated rings. The van der Waals surface area contributed by atoms with Gasteiger partial charge in [0.05, 0.1) is 6.61 Å². The summed E-state index contributed by atoms with van der Waals surface area (Å²) in [5.41, 5.74) is 0. The predicted octanol–water partition coefficient (Wildman–Crippen LogP) is 0.157. The van der Waals surface area contributed by atoms with Gasteiger partial charge in [0.1, 0.15) is 6.16 Å². The van der Waals surface area contributed by atoms with Crippen molar-refractivity contribution in [1.82, 2.24) is 0 Å². The van der Waals surface area contributed by atoms with Crippen molar-refractivity contribution in [3.05, 3.63) is 0 Å². The molecule has 2 nitrogen and oxygen atoms in total. The molecule has 0 aromatic heterocycles. The van der Waals surface area contributed by atoms with Crippen LogP contribution in [0.4, 0.5) is 0 Å². The molecular formula is C4H10O2P+. The molecule has 7 heavy (non-hydrogen) atoms. The third-order valence-electron chi connectivity index (χ3n) is 0.509. The van der Waals surface area contributed by atoms with E-state index in [2.05, 4.69) is 4.74 Å². The lowest BCUT2D eigenvalue weighted by atomic mass is 10.8. The number of carbonyl (C=O) groups excluding carboxylic acids is 1. The van der Waals surface area contributed by atoms with Gasteiger partial charge in [0.15, 0.2) is 0 Å². The maximum Gasteiger partial charge on any atom is 0.343 e. The van der Waals surface area contributed by atoms with E-state index < -0.39 is 0 Å². The van der Waals surface area contributed by atoms with E-state index in [9.17, 15) is 4.79 Å². The first-order chi connectivity index (χ1) is 3.31. The number of hydrogen-bond acceptors (Lipinski definition) is 2. The number of hydrogen-bond donors (Lipinski definition) is 0. The lowest BCUT2D eigenvalue weighted by Crippen LogP contribution is -2.03. The van der Waals surface area contributed by atoms with Gasteiger partial charge in [-0.2, -0.15) is 0 Å². The minimum absolute atomic E-state index is 0.110. The highest BCUT2D eigenvalue weighted by Crippen LogP contribution is 1.83. The van der Waals surface area contributed by atoms with E-state index in [1.165, 1.54) is 0 Å². The summed E-state index contributed by atoms with van der Waals surface area (Å²) in [5, 5.41) is 0. The first kappa shape index (κ1) is 6.90. The van der Waals surface area contributed by atoms with Gasteiger partial charge in [-0.3, -0.25) is 0 Å². The molecule has 3 heteroatoms. The van der Waals surface area contributed by atoms with Crippen molar-refractivity contribution in [3.8, 4) is 0 Å². The second kappa shape index (κ2) is 4.07. The lowest BCUT2D eigenvalue weighted by molar-refractivity contribution is -0.139. The van der Waals surface area contributed by atoms with Crippen LogP contribution in [0.5, 0.6) is 0 Å². The number of rotatable bonds is 2. The Labute approximate surface area is 45.4 Å². The van der Waals surface area contributed by atoms with Crippen LogP contribution in [0.2, 0.25) is 0 Å². The molecule has 0 aliphatic heterocycles. The van der Waals surface area contributed by atoms with E-state index in [4.69, 9.17) is 0 Å². The van der Waals surface area contributed by atoms with Crippen LogP contribution in [0.15, 0.2) is 0 Å². The molecule has 0 N–H and O–H groups in total. The van der Waals surface area contributed by atoms with E-state index in [-0.39, 0.29) is 5.97 Å². The molecule has 0 aliphatic rings. The Morgan fingerprint density at radius 3 is 2.57 bits per heavy atom. The van der Waals surface area contributed by atoms with Gasteiger partial charge in [-0.25, -0.2) is 4.79 Å². The monoisotopic (exact) mass is 121 g/mol. The van der Waals surface area contributed by atoms with Gasteiger partial charge in [-0.1, -0.05) is 0 Å². The van der Waals surface area contributed by atoms with Crippen LogP contribution >= 0.6 is 9.24 Å². The zero-order chi connectivity index (χ0) is 5.70. The largest absolute Gasteiger partial charge is 0.463 e. The Bertz CT molecular complexity index is 62.7. The topological polar surface area (TPSA) is 26.3 Å². The zero-order valence-corrected chi connectivity index (χ0v) is 5.85. The maximum atomic E-state index is 10.2. The minimum Gasteiger partial charge on any atom is -0.463 e. The second-order valence-corrected chi connectivity index (χ2v) is 1.56. The molecule has 0 aliphatic carbocycles. The van der Waals surface area contributed by atoms with Gasteiger partial charge < -0.3 is 4.74 Å². The summed E-state index contributed by atoms with van der Waals surface area (Å²) in [5.74, 6) is -0.110. The highest BCUT2D eigenvalue weighted by atomic mass is 31.0. The van der Waals surface area contributed by atoms with Crippen molar-refractivity contribution < 1.29 is 9.53 Å². The molecule has 0 saturated heterocycles. The molecule has 0 bridgehead atoms. The molecule has 0 aromatic carbocycles. The first-order valence-corrected chi connectivity index (χ1v) is 3.26. The van der Waals surface area contributed by atoms with Gasteiger partial charge in [-0.05, 0) is 16.2 Å². The van der Waals surface area contributed by atoms with E-state index in [0.29, 0.717) is 12.8 Å². The van der Waals surface area contributed by atoms with Crippen molar-refractivity contribution in [1.29, 1.82) is 0 Å². The lowest BCUT2D eigenvalue weighted by Gasteiger charge is -1.91. The summed E-state index contributed by atoms with van der Waals surface area (Å²) in [6.45, 7) is 2.30. The molecule has 1 unspecified atom stereocenters. The molecule has 0 radical (unpaired) electrons. The molecule has 42 valence electrons. The van der Waals surface area contributed by atoms with Crippen molar-refractivity contribution in [2.75, 3.05) is 12.8 Å². The van der Waals surface area contributed by atoms with Crippen LogP contribution < -0.4 is 0 Å². The van der Waals surface area contributed by atoms with Crippen molar-refractivity contribution in [2.24, 2.45) is 0 Å². The third kappa shape index (κ3) is 3.74.